The van der Waals surface area contributed by atoms with Crippen LogP contribution >= 0.6 is 11.8 Å². The summed E-state index contributed by atoms with van der Waals surface area (Å²) in [5, 5.41) is 11.3. The van der Waals surface area contributed by atoms with Gasteiger partial charge in [-0.2, -0.15) is 0 Å². The van der Waals surface area contributed by atoms with E-state index in [1.165, 1.54) is 5.56 Å². The molecule has 20 heavy (non-hydrogen) atoms. The van der Waals surface area contributed by atoms with E-state index in [1.54, 1.807) is 31.0 Å². The number of thioether (sulfide) groups is 1. The molecule has 0 saturated heterocycles. The van der Waals surface area contributed by atoms with E-state index in [-0.39, 0.29) is 0 Å². The van der Waals surface area contributed by atoms with Crippen LogP contribution in [-0.2, 0) is 5.75 Å². The largest absolute Gasteiger partial charge is 0.508 e. The standard InChI is InChI=1S/C17H18O2S/c1-13-3-4-15(11-17(13)19-2)12-20-10-9-14-5-7-16(18)8-6-14/h3-11,18H,12H2,1-2H3. The molecule has 3 heteroatoms. The average molecular weight is 286 g/mol. The van der Waals surface area contributed by atoms with Crippen LogP contribution in [0.2, 0.25) is 0 Å². The molecule has 0 aromatic heterocycles. The fraction of sp³-hybridized carbons (Fsp3) is 0.176. The Labute approximate surface area is 124 Å². The number of aryl methyl sites for hydroxylation is 1. The smallest absolute Gasteiger partial charge is 0.122 e. The van der Waals surface area contributed by atoms with Crippen molar-refractivity contribution in [3.05, 3.63) is 64.6 Å². The Morgan fingerprint density at radius 1 is 1.15 bits per heavy atom. The van der Waals surface area contributed by atoms with Crippen LogP contribution in [0.15, 0.2) is 47.9 Å². The molecule has 0 aliphatic heterocycles. The molecule has 2 nitrogen and oxygen atoms in total. The van der Waals surface area contributed by atoms with Gasteiger partial charge in [-0.3, -0.25) is 0 Å². The Hall–Kier alpha value is -1.87. The molecule has 1 N–H and O–H groups in total. The second-order valence-corrected chi connectivity index (χ2v) is 5.40. The van der Waals surface area contributed by atoms with E-state index in [2.05, 4.69) is 23.6 Å². The number of phenolic OH excluding ortho intramolecular Hbond substituents is 1. The van der Waals surface area contributed by atoms with Crippen LogP contribution in [0.5, 0.6) is 11.5 Å². The minimum Gasteiger partial charge on any atom is -0.508 e. The highest BCUT2D eigenvalue weighted by atomic mass is 32.2. The number of rotatable bonds is 5. The van der Waals surface area contributed by atoms with Crippen molar-refractivity contribution >= 4 is 17.8 Å². The molecule has 0 bridgehead atoms. The van der Waals surface area contributed by atoms with E-state index in [1.807, 2.05) is 25.1 Å². The number of phenols is 1. The molecule has 0 atom stereocenters. The Morgan fingerprint density at radius 2 is 1.90 bits per heavy atom. The number of aromatic hydroxyl groups is 1. The zero-order chi connectivity index (χ0) is 14.4. The van der Waals surface area contributed by atoms with Crippen molar-refractivity contribution < 1.29 is 9.84 Å². The summed E-state index contributed by atoms with van der Waals surface area (Å²) in [6.07, 6.45) is 2.04. The molecule has 0 fully saturated rings. The van der Waals surface area contributed by atoms with Crippen molar-refractivity contribution in [2.45, 2.75) is 12.7 Å². The number of hydrogen-bond donors (Lipinski definition) is 1. The zero-order valence-electron chi connectivity index (χ0n) is 11.7. The van der Waals surface area contributed by atoms with E-state index in [4.69, 9.17) is 4.74 Å². The number of hydrogen-bond acceptors (Lipinski definition) is 3. The lowest BCUT2D eigenvalue weighted by Crippen LogP contribution is -1.88. The quantitative estimate of drug-likeness (QED) is 0.870. The second-order valence-electron chi connectivity index (χ2n) is 4.51. The van der Waals surface area contributed by atoms with E-state index >= 15 is 0 Å². The SMILES string of the molecule is COc1cc(CSC=Cc2ccc(O)cc2)ccc1C. The molecule has 0 heterocycles. The van der Waals surface area contributed by atoms with Gasteiger partial charge in [-0.25, -0.2) is 0 Å². The summed E-state index contributed by atoms with van der Waals surface area (Å²) >= 11 is 1.73. The van der Waals surface area contributed by atoms with E-state index in [0.717, 1.165) is 22.6 Å². The highest BCUT2D eigenvalue weighted by Gasteiger charge is 1.99. The van der Waals surface area contributed by atoms with Crippen LogP contribution in [0.4, 0.5) is 0 Å². The summed E-state index contributed by atoms with van der Waals surface area (Å²) < 4.78 is 5.32. The molecule has 2 rings (SSSR count). The number of benzene rings is 2. The fourth-order valence-electron chi connectivity index (χ4n) is 1.81. The molecule has 0 amide bonds. The second kappa shape index (κ2) is 7.06. The minimum absolute atomic E-state index is 0.293. The topological polar surface area (TPSA) is 29.5 Å². The lowest BCUT2D eigenvalue weighted by atomic mass is 10.1. The third-order valence-electron chi connectivity index (χ3n) is 2.97. The van der Waals surface area contributed by atoms with E-state index in [0.29, 0.717) is 5.75 Å². The van der Waals surface area contributed by atoms with Crippen molar-refractivity contribution in [3.63, 3.8) is 0 Å². The average Bonchev–Trinajstić information content (AvgIpc) is 2.47. The van der Waals surface area contributed by atoms with Crippen molar-refractivity contribution in [3.8, 4) is 11.5 Å². The minimum atomic E-state index is 0.293. The molecular formula is C17H18O2S. The van der Waals surface area contributed by atoms with Crippen LogP contribution in [0.3, 0.4) is 0 Å². The summed E-state index contributed by atoms with van der Waals surface area (Å²) in [6, 6.07) is 13.4. The Kier molecular flexibility index (Phi) is 5.13. The van der Waals surface area contributed by atoms with Gasteiger partial charge in [-0.15, -0.1) is 11.8 Å². The molecule has 104 valence electrons. The first-order valence-corrected chi connectivity index (χ1v) is 7.44. The van der Waals surface area contributed by atoms with Crippen LogP contribution in [0.1, 0.15) is 16.7 Å². The van der Waals surface area contributed by atoms with Gasteiger partial charge in [0.25, 0.3) is 0 Å². The summed E-state index contributed by atoms with van der Waals surface area (Å²) in [5.41, 5.74) is 3.48. The van der Waals surface area contributed by atoms with Crippen LogP contribution in [-0.4, -0.2) is 12.2 Å². The first-order chi connectivity index (χ1) is 9.69. The first kappa shape index (κ1) is 14.5. The van der Waals surface area contributed by atoms with Crippen LogP contribution in [0, 0.1) is 6.92 Å². The first-order valence-electron chi connectivity index (χ1n) is 6.40. The maximum absolute atomic E-state index is 9.21. The van der Waals surface area contributed by atoms with Crippen molar-refractivity contribution in [1.29, 1.82) is 0 Å². The maximum atomic E-state index is 9.21. The molecule has 2 aromatic rings. The molecular weight excluding hydrogens is 268 g/mol. The maximum Gasteiger partial charge on any atom is 0.122 e. The van der Waals surface area contributed by atoms with Crippen molar-refractivity contribution in [2.24, 2.45) is 0 Å². The lowest BCUT2D eigenvalue weighted by Gasteiger charge is -2.06. The Balaban J connectivity index is 1.91. The van der Waals surface area contributed by atoms with E-state index in [9.17, 15) is 5.11 Å². The van der Waals surface area contributed by atoms with Crippen LogP contribution in [0.25, 0.3) is 6.08 Å². The normalized spacial score (nSPS) is 10.9. The fourth-order valence-corrected chi connectivity index (χ4v) is 2.53. The predicted molar refractivity (Wildman–Crippen MR) is 86.2 cm³/mol. The molecule has 0 saturated carbocycles. The Morgan fingerprint density at radius 3 is 2.60 bits per heavy atom. The van der Waals surface area contributed by atoms with Gasteiger partial charge in [0.2, 0.25) is 0 Å². The van der Waals surface area contributed by atoms with E-state index < -0.39 is 0 Å². The van der Waals surface area contributed by atoms with Gasteiger partial charge in [-0.05, 0) is 53.3 Å². The van der Waals surface area contributed by atoms with Gasteiger partial charge >= 0.3 is 0 Å². The monoisotopic (exact) mass is 286 g/mol. The number of methoxy groups -OCH3 is 1. The third kappa shape index (κ3) is 4.07. The van der Waals surface area contributed by atoms with Gasteiger partial charge in [0, 0.05) is 5.75 Å². The van der Waals surface area contributed by atoms with Gasteiger partial charge in [0.05, 0.1) is 7.11 Å². The lowest BCUT2D eigenvalue weighted by molar-refractivity contribution is 0.411. The molecule has 0 aliphatic rings. The Bertz CT molecular complexity index is 588. The summed E-state index contributed by atoms with van der Waals surface area (Å²) in [6.45, 7) is 2.04. The van der Waals surface area contributed by atoms with Crippen molar-refractivity contribution in [1.82, 2.24) is 0 Å². The molecule has 0 spiro atoms. The summed E-state index contributed by atoms with van der Waals surface area (Å²) in [4.78, 5) is 0. The van der Waals surface area contributed by atoms with Crippen molar-refractivity contribution in [2.75, 3.05) is 7.11 Å². The van der Waals surface area contributed by atoms with Gasteiger partial charge in [0.1, 0.15) is 11.5 Å². The molecule has 0 unspecified atom stereocenters. The van der Waals surface area contributed by atoms with Crippen LogP contribution < -0.4 is 4.74 Å². The summed E-state index contributed by atoms with van der Waals surface area (Å²) in [5.74, 6) is 2.14. The van der Waals surface area contributed by atoms with Gasteiger partial charge < -0.3 is 9.84 Å². The number of ether oxygens (including phenoxy) is 1. The molecule has 2 aromatic carbocycles. The molecule has 0 aliphatic carbocycles. The van der Waals surface area contributed by atoms with Gasteiger partial charge in [-0.1, -0.05) is 24.3 Å². The highest BCUT2D eigenvalue weighted by molar-refractivity contribution is 8.01. The summed E-state index contributed by atoms with van der Waals surface area (Å²) in [7, 11) is 1.70. The zero-order valence-corrected chi connectivity index (χ0v) is 12.5. The third-order valence-corrected chi connectivity index (χ3v) is 3.80. The predicted octanol–water partition coefficient (Wildman–Crippen LogP) is 4.61. The highest BCUT2D eigenvalue weighted by Crippen LogP contribution is 2.23. The van der Waals surface area contributed by atoms with Gasteiger partial charge in [0.15, 0.2) is 0 Å². The molecule has 0 radical (unpaired) electrons.